The lowest BCUT2D eigenvalue weighted by atomic mass is 10.1. The highest BCUT2D eigenvalue weighted by molar-refractivity contribution is 9.10. The van der Waals surface area contributed by atoms with Gasteiger partial charge in [0.15, 0.2) is 0 Å². The predicted molar refractivity (Wildman–Crippen MR) is 108 cm³/mol. The highest BCUT2D eigenvalue weighted by atomic mass is 79.9. The number of nitrogens with two attached hydrogens (primary N) is 1. The maximum atomic E-state index is 12.3. The minimum absolute atomic E-state index is 0.142. The Kier molecular flexibility index (Phi) is 10.3. The summed E-state index contributed by atoms with van der Waals surface area (Å²) in [5.41, 5.74) is 5.72. The summed E-state index contributed by atoms with van der Waals surface area (Å²) in [4.78, 5) is 57.8. The van der Waals surface area contributed by atoms with Crippen molar-refractivity contribution >= 4 is 56.6 Å². The predicted octanol–water partition coefficient (Wildman–Crippen LogP) is 0.200. The molecular weight excluding hydrogens is 470 g/mol. The number of carbonyl (C=O) groups excluding carboxylic acids is 3. The molecule has 10 nitrogen and oxygen atoms in total. The van der Waals surface area contributed by atoms with E-state index < -0.39 is 42.4 Å². The van der Waals surface area contributed by atoms with Crippen LogP contribution in [0.3, 0.4) is 0 Å². The molecule has 6 N–H and O–H groups in total. The number of carboxylic acid groups (broad SMARTS) is 2. The minimum Gasteiger partial charge on any atom is -0.480 e. The van der Waals surface area contributed by atoms with Crippen LogP contribution in [0.1, 0.15) is 23.2 Å². The molecule has 0 bridgehead atoms. The van der Waals surface area contributed by atoms with Gasteiger partial charge >= 0.3 is 11.9 Å². The lowest BCUT2D eigenvalue weighted by Gasteiger charge is -2.18. The summed E-state index contributed by atoms with van der Waals surface area (Å²) in [6.07, 6.45) is -0.392. The number of rotatable bonds is 11. The van der Waals surface area contributed by atoms with Crippen LogP contribution in [0.2, 0.25) is 0 Å². The first-order chi connectivity index (χ1) is 13.6. The number of hydrogen-bond donors (Lipinski definition) is 5. The molecule has 0 heterocycles. The molecule has 0 unspecified atom stereocenters. The van der Waals surface area contributed by atoms with Crippen LogP contribution in [-0.2, 0) is 19.2 Å². The molecule has 0 saturated heterocycles. The fourth-order valence-electron chi connectivity index (χ4n) is 1.97. The second kappa shape index (κ2) is 12.2. The van der Waals surface area contributed by atoms with Gasteiger partial charge in [0.05, 0.1) is 0 Å². The van der Waals surface area contributed by atoms with E-state index in [1.807, 2.05) is 0 Å². The fraction of sp³-hybridized carbons (Fsp3) is 0.353. The zero-order chi connectivity index (χ0) is 22.0. The number of thioether (sulfide) groups is 1. The van der Waals surface area contributed by atoms with Gasteiger partial charge in [-0.2, -0.15) is 0 Å². The van der Waals surface area contributed by atoms with E-state index in [2.05, 4.69) is 26.6 Å². The number of aliphatic carboxylic acids is 2. The van der Waals surface area contributed by atoms with Crippen LogP contribution in [0.5, 0.6) is 0 Å². The molecule has 0 fully saturated rings. The van der Waals surface area contributed by atoms with Gasteiger partial charge in [-0.1, -0.05) is 27.7 Å². The van der Waals surface area contributed by atoms with Crippen molar-refractivity contribution in [1.29, 1.82) is 0 Å². The maximum absolute atomic E-state index is 12.3. The lowest BCUT2D eigenvalue weighted by molar-refractivity contribution is -0.139. The number of carbonyl (C=O) groups is 5. The molecule has 158 valence electrons. The Morgan fingerprint density at radius 1 is 1.10 bits per heavy atom. The van der Waals surface area contributed by atoms with Crippen molar-refractivity contribution in [3.63, 3.8) is 0 Å². The van der Waals surface area contributed by atoms with Crippen molar-refractivity contribution in [2.24, 2.45) is 5.73 Å². The van der Waals surface area contributed by atoms with Crippen molar-refractivity contribution in [1.82, 2.24) is 10.6 Å². The largest absolute Gasteiger partial charge is 0.480 e. The van der Waals surface area contributed by atoms with E-state index in [9.17, 15) is 24.0 Å². The Balaban J connectivity index is 2.71. The Hall–Kier alpha value is -2.44. The molecule has 1 rings (SSSR count). The number of halogens is 1. The van der Waals surface area contributed by atoms with E-state index in [1.165, 1.54) is 0 Å². The van der Waals surface area contributed by atoms with Crippen LogP contribution in [-0.4, -0.2) is 63.5 Å². The molecule has 0 radical (unpaired) electrons. The average molecular weight is 490 g/mol. The molecule has 29 heavy (non-hydrogen) atoms. The summed E-state index contributed by atoms with van der Waals surface area (Å²) in [5, 5.41) is 21.6. The molecule has 0 saturated carbocycles. The number of carboxylic acids is 2. The van der Waals surface area contributed by atoms with E-state index in [-0.39, 0.29) is 23.7 Å². The quantitative estimate of drug-likeness (QED) is 0.290. The van der Waals surface area contributed by atoms with Crippen molar-refractivity contribution in [3.05, 3.63) is 34.3 Å². The first kappa shape index (κ1) is 24.6. The lowest BCUT2D eigenvalue weighted by Crippen LogP contribution is -2.49. The molecular formula is C17H20BrN3O7S. The summed E-state index contributed by atoms with van der Waals surface area (Å²) in [5.74, 6) is -4.09. The maximum Gasteiger partial charge on any atom is 0.322 e. The Labute approximate surface area is 178 Å². The van der Waals surface area contributed by atoms with Gasteiger partial charge in [0.2, 0.25) is 16.9 Å². The second-order valence-electron chi connectivity index (χ2n) is 5.82. The van der Waals surface area contributed by atoms with Gasteiger partial charge in [0, 0.05) is 22.2 Å². The van der Waals surface area contributed by atoms with Crippen molar-refractivity contribution in [2.75, 3.05) is 12.3 Å². The molecule has 2 amide bonds. The van der Waals surface area contributed by atoms with Crippen LogP contribution in [0.4, 0.5) is 0 Å². The number of nitrogens with one attached hydrogen (secondary N) is 2. The van der Waals surface area contributed by atoms with Gasteiger partial charge in [0.1, 0.15) is 18.6 Å². The standard InChI is InChI=1S/C17H20BrN3O7S/c18-10-3-1-9(2-4-10)17(28)29-8-12(15(25)20-7-14(23)24)21-13(22)6-5-11(19)16(26)27/h1-4,11-12H,5-8,19H2,(H,20,25)(H,21,22)(H,23,24)(H,26,27)/t11-,12-/m0/s1. The zero-order valence-electron chi connectivity index (χ0n) is 15.1. The third kappa shape index (κ3) is 9.54. The molecule has 0 aliphatic heterocycles. The first-order valence-electron chi connectivity index (χ1n) is 8.30. The number of hydrogen-bond acceptors (Lipinski definition) is 7. The van der Waals surface area contributed by atoms with Gasteiger partial charge in [0.25, 0.3) is 0 Å². The highest BCUT2D eigenvalue weighted by Gasteiger charge is 2.24. The number of amides is 2. The minimum atomic E-state index is -1.27. The van der Waals surface area contributed by atoms with Gasteiger partial charge in [-0.3, -0.25) is 24.0 Å². The van der Waals surface area contributed by atoms with Gasteiger partial charge in [-0.25, -0.2) is 0 Å². The fourth-order valence-corrected chi connectivity index (χ4v) is 3.09. The van der Waals surface area contributed by atoms with Gasteiger partial charge in [-0.05, 0) is 30.7 Å². The van der Waals surface area contributed by atoms with E-state index in [1.54, 1.807) is 24.3 Å². The SMILES string of the molecule is N[C@@H](CCC(=O)N[C@@H](CSC(=O)c1ccc(Br)cc1)C(=O)NCC(=O)O)C(=O)O. The molecule has 0 aliphatic rings. The monoisotopic (exact) mass is 489 g/mol. The third-order valence-electron chi connectivity index (χ3n) is 3.53. The Morgan fingerprint density at radius 2 is 1.72 bits per heavy atom. The highest BCUT2D eigenvalue weighted by Crippen LogP contribution is 2.17. The van der Waals surface area contributed by atoms with E-state index in [0.717, 1.165) is 16.2 Å². The van der Waals surface area contributed by atoms with Crippen molar-refractivity contribution in [2.45, 2.75) is 24.9 Å². The van der Waals surface area contributed by atoms with Crippen LogP contribution < -0.4 is 16.4 Å². The molecule has 12 heteroatoms. The van der Waals surface area contributed by atoms with E-state index in [0.29, 0.717) is 5.56 Å². The molecule has 1 aromatic rings. The van der Waals surface area contributed by atoms with E-state index in [4.69, 9.17) is 15.9 Å². The van der Waals surface area contributed by atoms with Crippen LogP contribution >= 0.6 is 27.7 Å². The second-order valence-corrected chi connectivity index (χ2v) is 7.73. The molecule has 2 atom stereocenters. The molecule has 0 aliphatic carbocycles. The van der Waals surface area contributed by atoms with Gasteiger partial charge in [-0.15, -0.1) is 0 Å². The molecule has 1 aromatic carbocycles. The van der Waals surface area contributed by atoms with Gasteiger partial charge < -0.3 is 26.6 Å². The summed E-state index contributed by atoms with van der Waals surface area (Å²) in [6.45, 7) is -0.652. The summed E-state index contributed by atoms with van der Waals surface area (Å²) < 4.78 is 0.789. The normalized spacial score (nSPS) is 12.5. The number of benzene rings is 1. The average Bonchev–Trinajstić information content (AvgIpc) is 2.67. The summed E-state index contributed by atoms with van der Waals surface area (Å²) in [6, 6.07) is 4.12. The first-order valence-corrected chi connectivity index (χ1v) is 10.1. The van der Waals surface area contributed by atoms with Crippen molar-refractivity contribution < 1.29 is 34.2 Å². The zero-order valence-corrected chi connectivity index (χ0v) is 17.5. The van der Waals surface area contributed by atoms with Crippen molar-refractivity contribution in [3.8, 4) is 0 Å². The molecule has 0 spiro atoms. The topological polar surface area (TPSA) is 176 Å². The Morgan fingerprint density at radius 3 is 2.28 bits per heavy atom. The molecule has 0 aromatic heterocycles. The third-order valence-corrected chi connectivity index (χ3v) is 5.05. The summed E-state index contributed by atoms with van der Waals surface area (Å²) in [7, 11) is 0. The van der Waals surface area contributed by atoms with Crippen LogP contribution in [0, 0.1) is 0 Å². The summed E-state index contributed by atoms with van der Waals surface area (Å²) >= 11 is 4.03. The Bertz CT molecular complexity index is 773. The van der Waals surface area contributed by atoms with E-state index >= 15 is 0 Å². The smallest absolute Gasteiger partial charge is 0.322 e. The van der Waals surface area contributed by atoms with Crippen LogP contribution in [0.15, 0.2) is 28.7 Å². The van der Waals surface area contributed by atoms with Crippen LogP contribution in [0.25, 0.3) is 0 Å².